The summed E-state index contributed by atoms with van der Waals surface area (Å²) in [6.07, 6.45) is 0. The van der Waals surface area contributed by atoms with Gasteiger partial charge in [-0.1, -0.05) is 23.7 Å². The van der Waals surface area contributed by atoms with Gasteiger partial charge in [0.2, 0.25) is 5.75 Å². The largest absolute Gasteiger partial charge is 0.493 e. The van der Waals surface area contributed by atoms with E-state index >= 15 is 0 Å². The molecule has 0 saturated carbocycles. The van der Waals surface area contributed by atoms with Gasteiger partial charge in [0.1, 0.15) is 12.4 Å². The minimum Gasteiger partial charge on any atom is -0.493 e. The molecule has 0 heterocycles. The Bertz CT molecular complexity index is 710. The predicted molar refractivity (Wildman–Crippen MR) is 95.4 cm³/mol. The molecule has 0 aliphatic heterocycles. The van der Waals surface area contributed by atoms with Crippen LogP contribution < -0.4 is 24.3 Å². The van der Waals surface area contributed by atoms with Crippen LogP contribution in [0.3, 0.4) is 0 Å². The summed E-state index contributed by atoms with van der Waals surface area (Å²) < 4.78 is 21.3. The van der Waals surface area contributed by atoms with Gasteiger partial charge in [-0.25, -0.2) is 0 Å². The molecule has 2 aromatic rings. The number of benzene rings is 2. The third-order valence-corrected chi connectivity index (χ3v) is 3.72. The van der Waals surface area contributed by atoms with Gasteiger partial charge in [0.05, 0.1) is 32.9 Å². The molecule has 7 heteroatoms. The summed E-state index contributed by atoms with van der Waals surface area (Å²) >= 11 is 6.00. The lowest BCUT2D eigenvalue weighted by Crippen LogP contribution is -2.28. The number of para-hydroxylation sites is 1. The molecule has 2 aromatic carbocycles. The van der Waals surface area contributed by atoms with Crippen LogP contribution in [0.1, 0.15) is 10.4 Å². The molecular weight excluding hydrogens is 346 g/mol. The average molecular weight is 366 g/mol. The molecular formula is C18H20ClNO5. The van der Waals surface area contributed by atoms with Crippen LogP contribution in [0, 0.1) is 0 Å². The normalized spacial score (nSPS) is 10.1. The first-order chi connectivity index (χ1) is 12.1. The number of halogens is 1. The smallest absolute Gasteiger partial charge is 0.251 e. The van der Waals surface area contributed by atoms with E-state index in [-0.39, 0.29) is 5.91 Å². The lowest BCUT2D eigenvalue weighted by Gasteiger charge is -2.14. The molecule has 0 bridgehead atoms. The second-order valence-electron chi connectivity index (χ2n) is 4.95. The fourth-order valence-corrected chi connectivity index (χ4v) is 2.39. The molecule has 0 spiro atoms. The van der Waals surface area contributed by atoms with Gasteiger partial charge in [-0.05, 0) is 24.3 Å². The third-order valence-electron chi connectivity index (χ3n) is 3.41. The summed E-state index contributed by atoms with van der Waals surface area (Å²) in [6, 6.07) is 10.3. The van der Waals surface area contributed by atoms with Crippen molar-refractivity contribution in [3.05, 3.63) is 47.0 Å². The number of carbonyl (C=O) groups excluding carboxylic acids is 1. The molecule has 6 nitrogen and oxygen atoms in total. The minimum atomic E-state index is -0.276. The Morgan fingerprint density at radius 1 is 1.00 bits per heavy atom. The molecule has 0 unspecified atom stereocenters. The Labute approximate surface area is 151 Å². The molecule has 0 saturated heterocycles. The number of hydrogen-bond donors (Lipinski definition) is 1. The van der Waals surface area contributed by atoms with Crippen LogP contribution in [0.15, 0.2) is 36.4 Å². The van der Waals surface area contributed by atoms with Crippen molar-refractivity contribution in [1.29, 1.82) is 0 Å². The zero-order valence-corrected chi connectivity index (χ0v) is 15.1. The van der Waals surface area contributed by atoms with Gasteiger partial charge >= 0.3 is 0 Å². The van der Waals surface area contributed by atoms with E-state index in [2.05, 4.69) is 5.32 Å². The second-order valence-corrected chi connectivity index (χ2v) is 5.36. The van der Waals surface area contributed by atoms with Gasteiger partial charge in [0.25, 0.3) is 5.91 Å². The highest BCUT2D eigenvalue weighted by molar-refractivity contribution is 6.32. The zero-order chi connectivity index (χ0) is 18.2. The van der Waals surface area contributed by atoms with Crippen LogP contribution in [0.25, 0.3) is 0 Å². The lowest BCUT2D eigenvalue weighted by atomic mass is 10.1. The molecule has 0 aromatic heterocycles. The van der Waals surface area contributed by atoms with Crippen molar-refractivity contribution in [3.63, 3.8) is 0 Å². The topological polar surface area (TPSA) is 66.0 Å². The van der Waals surface area contributed by atoms with E-state index in [9.17, 15) is 4.79 Å². The van der Waals surface area contributed by atoms with Crippen molar-refractivity contribution in [2.45, 2.75) is 0 Å². The summed E-state index contributed by atoms with van der Waals surface area (Å²) in [6.45, 7) is 0.612. The molecule has 2 rings (SSSR count). The third kappa shape index (κ3) is 4.70. The molecule has 0 aliphatic rings. The molecule has 0 fully saturated rings. The van der Waals surface area contributed by atoms with E-state index in [1.165, 1.54) is 21.3 Å². The summed E-state index contributed by atoms with van der Waals surface area (Å²) in [5.41, 5.74) is 0.396. The summed E-state index contributed by atoms with van der Waals surface area (Å²) in [5, 5.41) is 3.30. The number of amides is 1. The number of ether oxygens (including phenoxy) is 4. The lowest BCUT2D eigenvalue weighted by molar-refractivity contribution is 0.0946. The number of rotatable bonds is 8. The van der Waals surface area contributed by atoms with Gasteiger partial charge in [0.15, 0.2) is 11.5 Å². The van der Waals surface area contributed by atoms with E-state index in [1.807, 2.05) is 12.1 Å². The van der Waals surface area contributed by atoms with Crippen molar-refractivity contribution in [1.82, 2.24) is 5.32 Å². The van der Waals surface area contributed by atoms with Crippen LogP contribution in [-0.2, 0) is 0 Å². The Balaban J connectivity index is 1.97. The molecule has 134 valence electrons. The molecule has 1 amide bonds. The highest BCUT2D eigenvalue weighted by Crippen LogP contribution is 2.38. The Morgan fingerprint density at radius 3 is 2.20 bits per heavy atom. The SMILES string of the molecule is COc1cc(C(=O)NCCOc2ccccc2Cl)cc(OC)c1OC. The molecule has 0 radical (unpaired) electrons. The van der Waals surface area contributed by atoms with Crippen molar-refractivity contribution in [2.75, 3.05) is 34.5 Å². The summed E-state index contributed by atoms with van der Waals surface area (Å²) in [5.74, 6) is 1.57. The zero-order valence-electron chi connectivity index (χ0n) is 14.3. The molecule has 0 aliphatic carbocycles. The van der Waals surface area contributed by atoms with Gasteiger partial charge in [-0.3, -0.25) is 4.79 Å². The Morgan fingerprint density at radius 2 is 1.64 bits per heavy atom. The Hall–Kier alpha value is -2.60. The van der Waals surface area contributed by atoms with Gasteiger partial charge < -0.3 is 24.3 Å². The van der Waals surface area contributed by atoms with Crippen LogP contribution in [-0.4, -0.2) is 40.4 Å². The molecule has 0 atom stereocenters. The van der Waals surface area contributed by atoms with Gasteiger partial charge in [0, 0.05) is 5.56 Å². The maximum atomic E-state index is 12.3. The highest BCUT2D eigenvalue weighted by Gasteiger charge is 2.16. The first-order valence-corrected chi connectivity index (χ1v) is 7.94. The monoisotopic (exact) mass is 365 g/mol. The first-order valence-electron chi connectivity index (χ1n) is 7.56. The van der Waals surface area contributed by atoms with Crippen LogP contribution in [0.5, 0.6) is 23.0 Å². The minimum absolute atomic E-state index is 0.276. The molecule has 25 heavy (non-hydrogen) atoms. The quantitative estimate of drug-likeness (QED) is 0.728. The average Bonchev–Trinajstić information content (AvgIpc) is 2.64. The number of nitrogens with one attached hydrogen (secondary N) is 1. The number of carbonyl (C=O) groups is 1. The van der Waals surface area contributed by atoms with Crippen molar-refractivity contribution in [3.8, 4) is 23.0 Å². The fraction of sp³-hybridized carbons (Fsp3) is 0.278. The van der Waals surface area contributed by atoms with E-state index in [0.717, 1.165) is 0 Å². The maximum absolute atomic E-state index is 12.3. The number of hydrogen-bond acceptors (Lipinski definition) is 5. The van der Waals surface area contributed by atoms with Gasteiger partial charge in [-0.2, -0.15) is 0 Å². The van der Waals surface area contributed by atoms with E-state index in [1.54, 1.807) is 24.3 Å². The first kappa shape index (κ1) is 18.7. The van der Waals surface area contributed by atoms with Crippen LogP contribution >= 0.6 is 11.6 Å². The molecule has 1 N–H and O–H groups in total. The summed E-state index contributed by atoms with van der Waals surface area (Å²) in [7, 11) is 4.50. The number of methoxy groups -OCH3 is 3. The van der Waals surface area contributed by atoms with Gasteiger partial charge in [-0.15, -0.1) is 0 Å². The van der Waals surface area contributed by atoms with E-state index in [4.69, 9.17) is 30.5 Å². The second kappa shape index (κ2) is 9.03. The van der Waals surface area contributed by atoms with Crippen molar-refractivity contribution >= 4 is 17.5 Å². The highest BCUT2D eigenvalue weighted by atomic mass is 35.5. The standard InChI is InChI=1S/C18H20ClNO5/c1-22-15-10-12(11-16(23-2)17(15)24-3)18(21)20-8-9-25-14-7-5-4-6-13(14)19/h4-7,10-11H,8-9H2,1-3H3,(H,20,21). The van der Waals surface area contributed by atoms with E-state index in [0.29, 0.717) is 46.7 Å². The predicted octanol–water partition coefficient (Wildman–Crippen LogP) is 3.17. The van der Waals surface area contributed by atoms with Crippen molar-refractivity contribution < 1.29 is 23.7 Å². The van der Waals surface area contributed by atoms with E-state index < -0.39 is 0 Å². The van der Waals surface area contributed by atoms with Crippen molar-refractivity contribution in [2.24, 2.45) is 0 Å². The fourth-order valence-electron chi connectivity index (χ4n) is 2.20. The van der Waals surface area contributed by atoms with Crippen LogP contribution in [0.2, 0.25) is 5.02 Å². The Kier molecular flexibility index (Phi) is 6.77. The van der Waals surface area contributed by atoms with Crippen LogP contribution in [0.4, 0.5) is 0 Å². The summed E-state index contributed by atoms with van der Waals surface area (Å²) in [4.78, 5) is 12.3. The maximum Gasteiger partial charge on any atom is 0.251 e.